The van der Waals surface area contributed by atoms with Crippen molar-refractivity contribution in [3.05, 3.63) is 53.3 Å². The van der Waals surface area contributed by atoms with Gasteiger partial charge in [0.15, 0.2) is 5.75 Å². The summed E-state index contributed by atoms with van der Waals surface area (Å²) in [5, 5.41) is 4.04. The van der Waals surface area contributed by atoms with Crippen LogP contribution in [0.25, 0.3) is 0 Å². The van der Waals surface area contributed by atoms with Gasteiger partial charge in [-0.25, -0.2) is 0 Å². The van der Waals surface area contributed by atoms with Crippen LogP contribution >= 0.6 is 11.6 Å². The van der Waals surface area contributed by atoms with E-state index in [9.17, 15) is 0 Å². The van der Waals surface area contributed by atoms with Gasteiger partial charge in [-0.15, -0.1) is 0 Å². The van der Waals surface area contributed by atoms with Gasteiger partial charge in [0.1, 0.15) is 5.75 Å². The third kappa shape index (κ3) is 4.22. The first-order valence-electron chi connectivity index (χ1n) is 6.56. The van der Waals surface area contributed by atoms with E-state index in [1.54, 1.807) is 12.4 Å². The van der Waals surface area contributed by atoms with Crippen molar-refractivity contribution in [1.82, 2.24) is 10.3 Å². The number of halogens is 1. The standard InChI is InChI=1S/C16H19ClN2O/c1-16(2,3)19-10-12-6-4-8-14(17)15(12)20-13-7-5-9-18-11-13/h4-9,11,19H,10H2,1-3H3. The maximum atomic E-state index is 6.26. The fourth-order valence-corrected chi connectivity index (χ4v) is 1.93. The Morgan fingerprint density at radius 1 is 1.20 bits per heavy atom. The van der Waals surface area contributed by atoms with Crippen molar-refractivity contribution in [2.24, 2.45) is 0 Å². The molecule has 0 spiro atoms. The summed E-state index contributed by atoms with van der Waals surface area (Å²) < 4.78 is 5.87. The van der Waals surface area contributed by atoms with E-state index in [2.05, 4.69) is 31.1 Å². The zero-order valence-corrected chi connectivity index (χ0v) is 12.7. The molecule has 2 rings (SSSR count). The Morgan fingerprint density at radius 3 is 2.65 bits per heavy atom. The molecule has 1 heterocycles. The molecule has 0 unspecified atom stereocenters. The first-order chi connectivity index (χ1) is 9.46. The minimum atomic E-state index is 0.0356. The molecule has 0 aliphatic carbocycles. The van der Waals surface area contributed by atoms with Crippen LogP contribution in [-0.4, -0.2) is 10.5 Å². The number of benzene rings is 1. The summed E-state index contributed by atoms with van der Waals surface area (Å²) in [6.45, 7) is 7.07. The van der Waals surface area contributed by atoms with Gasteiger partial charge in [0, 0.05) is 23.8 Å². The summed E-state index contributed by atoms with van der Waals surface area (Å²) >= 11 is 6.26. The smallest absolute Gasteiger partial charge is 0.150 e. The molecule has 0 aliphatic rings. The van der Waals surface area contributed by atoms with Crippen LogP contribution in [0.2, 0.25) is 5.02 Å². The van der Waals surface area contributed by atoms with Crippen LogP contribution in [-0.2, 0) is 6.54 Å². The van der Waals surface area contributed by atoms with Crippen LogP contribution in [0.5, 0.6) is 11.5 Å². The summed E-state index contributed by atoms with van der Waals surface area (Å²) in [6.07, 6.45) is 3.38. The minimum Gasteiger partial charge on any atom is -0.454 e. The molecule has 1 aromatic carbocycles. The second-order valence-corrected chi connectivity index (χ2v) is 6.03. The maximum absolute atomic E-state index is 6.26. The summed E-state index contributed by atoms with van der Waals surface area (Å²) in [5.74, 6) is 1.36. The van der Waals surface area contributed by atoms with Crippen LogP contribution in [0.15, 0.2) is 42.7 Å². The molecule has 0 atom stereocenters. The number of nitrogens with zero attached hydrogens (tertiary/aromatic N) is 1. The number of rotatable bonds is 4. The topological polar surface area (TPSA) is 34.1 Å². The second-order valence-electron chi connectivity index (χ2n) is 5.62. The number of pyridine rings is 1. The van der Waals surface area contributed by atoms with Gasteiger partial charge in [0.25, 0.3) is 0 Å². The summed E-state index contributed by atoms with van der Waals surface area (Å²) in [6, 6.07) is 9.46. The van der Waals surface area contributed by atoms with Crippen molar-refractivity contribution in [2.75, 3.05) is 0 Å². The first-order valence-corrected chi connectivity index (χ1v) is 6.94. The van der Waals surface area contributed by atoms with E-state index in [1.165, 1.54) is 0 Å². The number of nitrogens with one attached hydrogen (secondary N) is 1. The van der Waals surface area contributed by atoms with Crippen molar-refractivity contribution in [1.29, 1.82) is 0 Å². The lowest BCUT2D eigenvalue weighted by molar-refractivity contribution is 0.414. The Labute approximate surface area is 124 Å². The fraction of sp³-hybridized carbons (Fsp3) is 0.312. The van der Waals surface area contributed by atoms with Crippen molar-refractivity contribution < 1.29 is 4.74 Å². The van der Waals surface area contributed by atoms with Gasteiger partial charge in [0.05, 0.1) is 11.2 Å². The molecule has 0 radical (unpaired) electrons. The highest BCUT2D eigenvalue weighted by Crippen LogP contribution is 2.32. The molecule has 0 saturated carbocycles. The molecule has 1 N–H and O–H groups in total. The highest BCUT2D eigenvalue weighted by molar-refractivity contribution is 6.32. The van der Waals surface area contributed by atoms with E-state index in [0.29, 0.717) is 23.1 Å². The fourth-order valence-electron chi connectivity index (χ4n) is 1.69. The molecule has 20 heavy (non-hydrogen) atoms. The van der Waals surface area contributed by atoms with Crippen LogP contribution in [0.3, 0.4) is 0 Å². The van der Waals surface area contributed by atoms with Crippen molar-refractivity contribution in [3.8, 4) is 11.5 Å². The summed E-state index contributed by atoms with van der Waals surface area (Å²) in [5.41, 5.74) is 1.06. The third-order valence-electron chi connectivity index (χ3n) is 2.71. The van der Waals surface area contributed by atoms with E-state index in [1.807, 2.05) is 30.3 Å². The van der Waals surface area contributed by atoms with Gasteiger partial charge < -0.3 is 10.1 Å². The SMILES string of the molecule is CC(C)(C)NCc1cccc(Cl)c1Oc1cccnc1. The molecule has 0 fully saturated rings. The zero-order chi connectivity index (χ0) is 14.6. The van der Waals surface area contributed by atoms with Gasteiger partial charge >= 0.3 is 0 Å². The van der Waals surface area contributed by atoms with Crippen molar-refractivity contribution >= 4 is 11.6 Å². The molecular formula is C16H19ClN2O. The second kappa shape index (κ2) is 6.25. The average molecular weight is 291 g/mol. The maximum Gasteiger partial charge on any atom is 0.150 e. The summed E-state index contributed by atoms with van der Waals surface area (Å²) in [4.78, 5) is 4.04. The number of hydrogen-bond acceptors (Lipinski definition) is 3. The van der Waals surface area contributed by atoms with Crippen LogP contribution in [0.4, 0.5) is 0 Å². The number of aromatic nitrogens is 1. The molecule has 106 valence electrons. The van der Waals surface area contributed by atoms with E-state index in [0.717, 1.165) is 5.56 Å². The lowest BCUT2D eigenvalue weighted by Crippen LogP contribution is -2.35. The highest BCUT2D eigenvalue weighted by atomic mass is 35.5. The molecule has 0 bridgehead atoms. The Morgan fingerprint density at radius 2 is 2.00 bits per heavy atom. The molecular weight excluding hydrogens is 272 g/mol. The van der Waals surface area contributed by atoms with Crippen molar-refractivity contribution in [2.45, 2.75) is 32.9 Å². The predicted octanol–water partition coefficient (Wildman–Crippen LogP) is 4.42. The van der Waals surface area contributed by atoms with Gasteiger partial charge in [0.2, 0.25) is 0 Å². The van der Waals surface area contributed by atoms with E-state index < -0.39 is 0 Å². The molecule has 4 heteroatoms. The lowest BCUT2D eigenvalue weighted by Gasteiger charge is -2.22. The number of para-hydroxylation sites is 1. The van der Waals surface area contributed by atoms with Crippen LogP contribution < -0.4 is 10.1 Å². The Balaban J connectivity index is 2.22. The number of ether oxygens (including phenoxy) is 1. The predicted molar refractivity (Wildman–Crippen MR) is 82.4 cm³/mol. The molecule has 1 aromatic heterocycles. The van der Waals surface area contributed by atoms with Crippen LogP contribution in [0.1, 0.15) is 26.3 Å². The quantitative estimate of drug-likeness (QED) is 0.905. The van der Waals surface area contributed by atoms with E-state index >= 15 is 0 Å². The zero-order valence-electron chi connectivity index (χ0n) is 12.0. The third-order valence-corrected chi connectivity index (χ3v) is 3.01. The van der Waals surface area contributed by atoms with Crippen molar-refractivity contribution in [3.63, 3.8) is 0 Å². The molecule has 3 nitrogen and oxygen atoms in total. The molecule has 0 saturated heterocycles. The lowest BCUT2D eigenvalue weighted by atomic mass is 10.1. The average Bonchev–Trinajstić information content (AvgIpc) is 2.40. The number of hydrogen-bond donors (Lipinski definition) is 1. The monoisotopic (exact) mass is 290 g/mol. The van der Waals surface area contributed by atoms with Gasteiger partial charge in [-0.1, -0.05) is 23.7 Å². The molecule has 2 aromatic rings. The van der Waals surface area contributed by atoms with Gasteiger partial charge in [-0.2, -0.15) is 0 Å². The van der Waals surface area contributed by atoms with E-state index in [4.69, 9.17) is 16.3 Å². The minimum absolute atomic E-state index is 0.0356. The van der Waals surface area contributed by atoms with E-state index in [-0.39, 0.29) is 5.54 Å². The van der Waals surface area contributed by atoms with Crippen LogP contribution in [0, 0.1) is 0 Å². The largest absolute Gasteiger partial charge is 0.454 e. The summed E-state index contributed by atoms with van der Waals surface area (Å²) in [7, 11) is 0. The highest BCUT2D eigenvalue weighted by Gasteiger charge is 2.13. The molecule has 0 aliphatic heterocycles. The molecule has 0 amide bonds. The Bertz CT molecular complexity index is 564. The normalized spacial score (nSPS) is 11.4. The Hall–Kier alpha value is -1.58. The van der Waals surface area contributed by atoms with Gasteiger partial charge in [-0.05, 0) is 39.0 Å². The Kier molecular flexibility index (Phi) is 4.63. The van der Waals surface area contributed by atoms with Gasteiger partial charge in [-0.3, -0.25) is 4.98 Å². The first kappa shape index (κ1) is 14.8.